The number of hydrogen-bond donors (Lipinski definition) is 1. The fourth-order valence-corrected chi connectivity index (χ4v) is 4.89. The summed E-state index contributed by atoms with van der Waals surface area (Å²) in [7, 11) is 1.63. The van der Waals surface area contributed by atoms with E-state index in [0.29, 0.717) is 42.5 Å². The van der Waals surface area contributed by atoms with Gasteiger partial charge in [0.2, 0.25) is 11.4 Å². The van der Waals surface area contributed by atoms with E-state index >= 15 is 0 Å². The highest BCUT2D eigenvalue weighted by Crippen LogP contribution is 2.41. The Morgan fingerprint density at radius 3 is 2.46 bits per heavy atom. The highest BCUT2D eigenvalue weighted by atomic mass is 16.5. The zero-order chi connectivity index (χ0) is 28.3. The number of hydrogen-bond acceptors (Lipinski definition) is 8. The van der Waals surface area contributed by atoms with Crippen LogP contribution in [0.2, 0.25) is 0 Å². The number of esters is 1. The number of nitrogens with one attached hydrogen (secondary N) is 1. The number of benzene rings is 1. The van der Waals surface area contributed by atoms with Crippen LogP contribution < -0.4 is 29.8 Å². The van der Waals surface area contributed by atoms with Crippen molar-refractivity contribution >= 4 is 23.1 Å². The minimum Gasteiger partial charge on any atom is -0.494 e. The number of anilines is 1. The molecule has 1 N–H and O–H groups in total. The molecule has 11 heteroatoms. The van der Waals surface area contributed by atoms with Crippen LogP contribution in [0.25, 0.3) is 5.65 Å². The molecule has 1 saturated heterocycles. The summed E-state index contributed by atoms with van der Waals surface area (Å²) in [5, 5.41) is 12.7. The van der Waals surface area contributed by atoms with Crippen molar-refractivity contribution in [1.29, 1.82) is 5.41 Å². The lowest BCUT2D eigenvalue weighted by molar-refractivity contribution is -0.720. The van der Waals surface area contributed by atoms with Crippen LogP contribution in [-0.2, 0) is 21.4 Å². The van der Waals surface area contributed by atoms with E-state index < -0.39 is 11.4 Å². The maximum Gasteiger partial charge on any atom is 0.345 e. The van der Waals surface area contributed by atoms with Gasteiger partial charge in [-0.2, -0.15) is 14.2 Å². The quantitative estimate of drug-likeness (QED) is 0.250. The first-order valence-electron chi connectivity index (χ1n) is 13.2. The van der Waals surface area contributed by atoms with Crippen molar-refractivity contribution in [2.45, 2.75) is 46.6 Å². The Balaban J connectivity index is 1.78. The van der Waals surface area contributed by atoms with Crippen molar-refractivity contribution in [3.05, 3.63) is 46.7 Å². The zero-order valence-electron chi connectivity index (χ0n) is 23.5. The normalized spacial score (nSPS) is 13.9. The number of methoxy groups -OCH3 is 1. The highest BCUT2D eigenvalue weighted by Gasteiger charge is 2.31. The second-order valence-electron chi connectivity index (χ2n) is 10.2. The van der Waals surface area contributed by atoms with Gasteiger partial charge in [-0.1, -0.05) is 20.8 Å². The molecule has 39 heavy (non-hydrogen) atoms. The van der Waals surface area contributed by atoms with Crippen molar-refractivity contribution in [2.75, 3.05) is 51.5 Å². The van der Waals surface area contributed by atoms with Gasteiger partial charge >= 0.3 is 5.97 Å². The Morgan fingerprint density at radius 2 is 1.85 bits per heavy atom. The summed E-state index contributed by atoms with van der Waals surface area (Å²) >= 11 is 0. The van der Waals surface area contributed by atoms with E-state index in [0.717, 1.165) is 24.3 Å². The molecule has 0 atom stereocenters. The fraction of sp³-hybridized carbons (Fsp3) is 0.500. The smallest absolute Gasteiger partial charge is 0.345 e. The second kappa shape index (κ2) is 11.5. The van der Waals surface area contributed by atoms with Crippen LogP contribution in [0.15, 0.2) is 24.4 Å². The summed E-state index contributed by atoms with van der Waals surface area (Å²) in [4.78, 5) is 28.6. The zero-order valence-corrected chi connectivity index (χ0v) is 23.5. The van der Waals surface area contributed by atoms with Crippen LogP contribution in [0.5, 0.6) is 11.5 Å². The molecule has 2 aromatic heterocycles. The van der Waals surface area contributed by atoms with E-state index in [1.807, 2.05) is 19.1 Å². The van der Waals surface area contributed by atoms with Gasteiger partial charge in [0.15, 0.2) is 6.54 Å². The molecule has 0 spiro atoms. The van der Waals surface area contributed by atoms with E-state index in [-0.39, 0.29) is 30.1 Å². The predicted molar refractivity (Wildman–Crippen MR) is 143 cm³/mol. The number of pyridine rings is 1. The van der Waals surface area contributed by atoms with Crippen LogP contribution in [0.3, 0.4) is 0 Å². The van der Waals surface area contributed by atoms with Crippen LogP contribution in [-0.4, -0.2) is 62.8 Å². The molecule has 1 aliphatic rings. The van der Waals surface area contributed by atoms with Crippen molar-refractivity contribution in [1.82, 2.24) is 9.50 Å². The monoisotopic (exact) mass is 539 g/mol. The molecule has 210 valence electrons. The van der Waals surface area contributed by atoms with Gasteiger partial charge in [-0.3, -0.25) is 4.79 Å². The maximum atomic E-state index is 13.8. The minimum absolute atomic E-state index is 0.115. The number of rotatable bonds is 9. The third-order valence-electron chi connectivity index (χ3n) is 6.57. The van der Waals surface area contributed by atoms with Gasteiger partial charge in [0.1, 0.15) is 23.3 Å². The van der Waals surface area contributed by atoms with Crippen LogP contribution in [0.1, 0.15) is 60.9 Å². The molecular weight excluding hydrogens is 502 g/mol. The van der Waals surface area contributed by atoms with Gasteiger partial charge < -0.3 is 29.3 Å². The molecule has 0 radical (unpaired) electrons. The summed E-state index contributed by atoms with van der Waals surface area (Å²) in [6.45, 7) is 12.9. The number of fused-ring (bicyclic) bond motifs is 1. The van der Waals surface area contributed by atoms with E-state index in [2.05, 4.69) is 30.8 Å². The Hall–Kier alpha value is -3.86. The van der Waals surface area contributed by atoms with Crippen LogP contribution in [0.4, 0.5) is 5.69 Å². The predicted octanol–water partition coefficient (Wildman–Crippen LogP) is 2.26. The van der Waals surface area contributed by atoms with Crippen molar-refractivity contribution < 1.29 is 33.2 Å². The average Bonchev–Trinajstić information content (AvgIpc) is 3.21. The molecular formula is C28H37N5O6. The van der Waals surface area contributed by atoms with Crippen LogP contribution >= 0.6 is 0 Å². The number of nitrogens with zero attached hydrogens (tertiary/aromatic N) is 4. The molecule has 3 heterocycles. The minimum atomic E-state index is -0.555. The number of Topliss-reactive ketones (excluding diaryl/α,β-unsaturated/α-hetero) is 1. The molecule has 4 rings (SSSR count). The molecule has 0 saturated carbocycles. The van der Waals surface area contributed by atoms with Gasteiger partial charge in [-0.05, 0) is 31.4 Å². The average molecular weight is 540 g/mol. The Bertz CT molecular complexity index is 1430. The molecule has 11 nitrogen and oxygen atoms in total. The molecule has 0 unspecified atom stereocenters. The topological polar surface area (TPSA) is 121 Å². The van der Waals surface area contributed by atoms with Gasteiger partial charge in [0, 0.05) is 24.2 Å². The van der Waals surface area contributed by atoms with Gasteiger partial charge in [0.25, 0.3) is 5.65 Å². The number of carbonyl (C=O) groups is 2. The molecule has 0 bridgehead atoms. The summed E-state index contributed by atoms with van der Waals surface area (Å²) < 4.78 is 25.2. The second-order valence-corrected chi connectivity index (χ2v) is 10.2. The number of morpholine rings is 1. The largest absolute Gasteiger partial charge is 0.494 e. The fourth-order valence-electron chi connectivity index (χ4n) is 4.89. The SMILES string of the molecule is CCOC(=O)c1cn2c(=N)[n-][n+](CC(=O)c3ccc(N4CCOCC4)c(OC)c3C(C)(C)C)c2cc1OCC. The van der Waals surface area contributed by atoms with Gasteiger partial charge in [-0.25, -0.2) is 4.79 Å². The van der Waals surface area contributed by atoms with Crippen molar-refractivity contribution in [3.63, 3.8) is 0 Å². The molecule has 0 amide bonds. The molecule has 0 aliphatic carbocycles. The summed E-state index contributed by atoms with van der Waals surface area (Å²) in [6, 6.07) is 5.39. The molecule has 1 aromatic carbocycles. The van der Waals surface area contributed by atoms with Gasteiger partial charge in [0.05, 0.1) is 45.3 Å². The van der Waals surface area contributed by atoms with E-state index in [9.17, 15) is 9.59 Å². The lowest BCUT2D eigenvalue weighted by atomic mass is 9.81. The Morgan fingerprint density at radius 1 is 1.13 bits per heavy atom. The van der Waals surface area contributed by atoms with E-state index in [1.165, 1.54) is 15.3 Å². The van der Waals surface area contributed by atoms with Crippen molar-refractivity contribution in [3.8, 4) is 11.5 Å². The maximum absolute atomic E-state index is 13.8. The molecule has 1 fully saturated rings. The van der Waals surface area contributed by atoms with Crippen LogP contribution in [0, 0.1) is 5.41 Å². The standard InChI is InChI=1S/C28H37N5O6/c1-7-38-22-15-23-32(16-19(22)26(35)39-8-2)27(29)30-33(23)17-21(34)18-9-10-20(31-11-13-37-14-12-31)25(36-6)24(18)28(3,4)5/h9-10,15-16,29H,7-8,11-14,17H2,1-6H3. The molecule has 3 aromatic rings. The highest BCUT2D eigenvalue weighted by molar-refractivity contribution is 5.98. The summed E-state index contributed by atoms with van der Waals surface area (Å²) in [5.74, 6) is 0.246. The number of ether oxygens (including phenoxy) is 4. The Kier molecular flexibility index (Phi) is 8.29. The number of ketones is 1. The first-order chi connectivity index (χ1) is 18.6. The third-order valence-corrected chi connectivity index (χ3v) is 6.57. The van der Waals surface area contributed by atoms with E-state index in [1.54, 1.807) is 20.1 Å². The third kappa shape index (κ3) is 5.63. The lowest BCUT2D eigenvalue weighted by Gasteiger charge is -2.33. The summed E-state index contributed by atoms with van der Waals surface area (Å²) in [6.07, 6.45) is 1.47. The summed E-state index contributed by atoms with van der Waals surface area (Å²) in [5.41, 5.74) is 2.40. The first kappa shape index (κ1) is 28.2. The lowest BCUT2D eigenvalue weighted by Crippen LogP contribution is -2.44. The first-order valence-corrected chi connectivity index (χ1v) is 13.2. The van der Waals surface area contributed by atoms with Gasteiger partial charge in [-0.15, -0.1) is 0 Å². The number of aromatic nitrogens is 3. The molecule has 1 aliphatic heterocycles. The van der Waals surface area contributed by atoms with E-state index in [4.69, 9.17) is 24.4 Å². The Labute approximate surface area is 227 Å². The number of carbonyl (C=O) groups excluding carboxylic acids is 2. The van der Waals surface area contributed by atoms with Crippen molar-refractivity contribution in [2.24, 2.45) is 0 Å².